The number of rotatable bonds is 6. The van der Waals surface area contributed by atoms with Crippen LogP contribution in [0, 0.1) is 23.7 Å². The average molecular weight is 833 g/mol. The Morgan fingerprint density at radius 1 is 0.533 bits per heavy atom. The van der Waals surface area contributed by atoms with Crippen molar-refractivity contribution >= 4 is 29.8 Å². The second kappa shape index (κ2) is 16.4. The van der Waals surface area contributed by atoms with Gasteiger partial charge < -0.3 is 53.2 Å². The summed E-state index contributed by atoms with van der Waals surface area (Å²) in [6, 6.07) is 0. The molecule has 0 bridgehead atoms. The van der Waals surface area contributed by atoms with Crippen molar-refractivity contribution in [1.82, 2.24) is 0 Å². The van der Waals surface area contributed by atoms with Crippen molar-refractivity contribution in [2.75, 3.05) is 0 Å². The van der Waals surface area contributed by atoms with Gasteiger partial charge in [-0.15, -0.1) is 0 Å². The summed E-state index contributed by atoms with van der Waals surface area (Å²) in [7, 11) is 0. The van der Waals surface area contributed by atoms with Gasteiger partial charge in [0.2, 0.25) is 5.79 Å². The Labute approximate surface area is 346 Å². The quantitative estimate of drug-likeness (QED) is 0.133. The fraction of sp³-hybridized carbons (Fsp3) is 0.523. The standard InChI is InChI=1S/C44H50O16/c1-25-15-17-27(3)43(23-25)57-37(49)31(38(50)58-43)13-9-5-7-11-29-33(45)53-41(54-34(29)46)19-21-42(22-20-41)55-35(47)30(36(48)56-42)12-8-6-10-14-32-39(51)59-44(60-40(32)52)24-26(2)16-18-28(44)4/h5-14,25-28,33,45,49,51H,15-24H2,1-4H3/p-2/b7-5+,8-6+,13-9+,14-10+,29-11+,30-12?. The maximum atomic E-state index is 13.0. The highest BCUT2D eigenvalue weighted by Crippen LogP contribution is 2.47. The molecule has 3 saturated carbocycles. The SMILES string of the molecule is CC1CCC(C)C2(C1)OC(=O)C(/C=C/C=C/C=C1C(=O)OC3(CCC4(CC3)OC(=O)/C(=C/C=C/C=C/C3=C([O-])OC5(CC(C)CCC5C)OC3=O)C(O)O4)OC1=O)=C([O-])O2. The fourth-order valence-corrected chi connectivity index (χ4v) is 8.62. The van der Waals surface area contributed by atoms with Gasteiger partial charge >= 0.3 is 29.8 Å². The second-order valence-corrected chi connectivity index (χ2v) is 16.7. The second-order valence-electron chi connectivity index (χ2n) is 16.7. The fourth-order valence-electron chi connectivity index (χ4n) is 8.62. The Hall–Kier alpha value is -5.61. The molecule has 7 atom stereocenters. The van der Waals surface area contributed by atoms with E-state index in [9.17, 15) is 39.3 Å². The first-order chi connectivity index (χ1) is 28.5. The number of carbonyl (C=O) groups is 5. The van der Waals surface area contributed by atoms with Crippen molar-refractivity contribution in [1.29, 1.82) is 0 Å². The van der Waals surface area contributed by atoms with E-state index in [4.69, 9.17) is 37.9 Å². The number of aliphatic hydroxyl groups excluding tert-OH is 1. The zero-order valence-corrected chi connectivity index (χ0v) is 33.8. The Kier molecular flexibility index (Phi) is 11.7. The summed E-state index contributed by atoms with van der Waals surface area (Å²) in [5.74, 6) is -11.5. The highest BCUT2D eigenvalue weighted by molar-refractivity contribution is 6.15. The third kappa shape index (κ3) is 8.39. The first-order valence-corrected chi connectivity index (χ1v) is 20.3. The van der Waals surface area contributed by atoms with Crippen LogP contribution in [0.5, 0.6) is 0 Å². The summed E-state index contributed by atoms with van der Waals surface area (Å²) in [4.78, 5) is 64.4. The van der Waals surface area contributed by atoms with Gasteiger partial charge in [-0.1, -0.05) is 77.0 Å². The van der Waals surface area contributed by atoms with Crippen molar-refractivity contribution < 1.29 is 77.2 Å². The molecule has 7 unspecified atom stereocenters. The Balaban J connectivity index is 0.902. The molecule has 1 N–H and O–H groups in total. The summed E-state index contributed by atoms with van der Waals surface area (Å²) >= 11 is 0. The van der Waals surface area contributed by atoms with E-state index in [1.165, 1.54) is 60.8 Å². The van der Waals surface area contributed by atoms with Crippen molar-refractivity contribution in [2.45, 2.75) is 121 Å². The van der Waals surface area contributed by atoms with Crippen molar-refractivity contribution in [3.8, 4) is 0 Å². The minimum atomic E-state index is -1.69. The lowest BCUT2D eigenvalue weighted by Gasteiger charge is -2.51. The van der Waals surface area contributed by atoms with Crippen LogP contribution < -0.4 is 10.2 Å². The lowest BCUT2D eigenvalue weighted by atomic mass is 9.78. The van der Waals surface area contributed by atoms with Gasteiger partial charge in [0.05, 0.1) is 28.6 Å². The van der Waals surface area contributed by atoms with Crippen LogP contribution in [0.1, 0.15) is 91.9 Å². The van der Waals surface area contributed by atoms with Crippen LogP contribution in [0.4, 0.5) is 0 Å². The van der Waals surface area contributed by atoms with E-state index in [0.29, 0.717) is 12.8 Å². The van der Waals surface area contributed by atoms with Gasteiger partial charge in [0.25, 0.3) is 5.79 Å². The third-order valence-corrected chi connectivity index (χ3v) is 12.3. The number of ether oxygens (including phenoxy) is 8. The van der Waals surface area contributed by atoms with Gasteiger partial charge in [0.15, 0.2) is 17.9 Å². The van der Waals surface area contributed by atoms with Crippen LogP contribution in [-0.2, 0) is 61.9 Å². The topological polar surface area (TPSA) is 226 Å². The Bertz CT molecular complexity index is 2030. The van der Waals surface area contributed by atoms with Crippen LogP contribution in [0.2, 0.25) is 0 Å². The summed E-state index contributed by atoms with van der Waals surface area (Å²) in [5.41, 5.74) is -1.20. The number of hydrogen-bond acceptors (Lipinski definition) is 16. The lowest BCUT2D eigenvalue weighted by molar-refractivity contribution is -0.409. The Morgan fingerprint density at radius 3 is 1.45 bits per heavy atom. The minimum absolute atomic E-state index is 0.0848. The Morgan fingerprint density at radius 2 is 0.983 bits per heavy atom. The van der Waals surface area contributed by atoms with E-state index in [2.05, 4.69) is 0 Å². The predicted molar refractivity (Wildman–Crippen MR) is 200 cm³/mol. The highest BCUT2D eigenvalue weighted by atomic mass is 16.8. The number of carbonyl (C=O) groups excluding carboxylic acids is 5. The molecular weight excluding hydrogens is 784 g/mol. The molecular formula is C44H48O16-2. The summed E-state index contributed by atoms with van der Waals surface area (Å²) in [6.07, 6.45) is 15.3. The van der Waals surface area contributed by atoms with E-state index in [1.54, 1.807) is 0 Å². The van der Waals surface area contributed by atoms with Gasteiger partial charge in [-0.2, -0.15) is 0 Å². The molecule has 60 heavy (non-hydrogen) atoms. The van der Waals surface area contributed by atoms with Crippen LogP contribution >= 0.6 is 0 Å². The molecule has 4 heterocycles. The molecule has 16 heteroatoms. The summed E-state index contributed by atoms with van der Waals surface area (Å²) < 4.78 is 44.9. The first-order valence-electron chi connectivity index (χ1n) is 20.3. The van der Waals surface area contributed by atoms with Gasteiger partial charge in [-0.3, -0.25) is 0 Å². The monoisotopic (exact) mass is 832 g/mol. The molecule has 0 aromatic heterocycles. The van der Waals surface area contributed by atoms with Gasteiger partial charge in [0, 0.05) is 50.4 Å². The normalized spacial score (nSPS) is 38.3. The largest absolute Gasteiger partial charge is 0.574 e. The van der Waals surface area contributed by atoms with Crippen molar-refractivity contribution in [3.63, 3.8) is 0 Å². The molecule has 5 fully saturated rings. The number of esters is 5. The molecule has 0 aromatic rings. The lowest BCUT2D eigenvalue weighted by Crippen LogP contribution is -2.56. The molecule has 7 rings (SSSR count). The molecule has 0 radical (unpaired) electrons. The number of hydrogen-bond donors (Lipinski definition) is 1. The molecule has 3 aliphatic carbocycles. The third-order valence-electron chi connectivity index (χ3n) is 12.3. The highest BCUT2D eigenvalue weighted by Gasteiger charge is 2.56. The molecule has 322 valence electrons. The molecule has 4 aliphatic heterocycles. The molecule has 2 saturated heterocycles. The maximum Gasteiger partial charge on any atom is 0.348 e. The van der Waals surface area contributed by atoms with Gasteiger partial charge in [-0.25, -0.2) is 24.0 Å². The smallest absolute Gasteiger partial charge is 0.348 e. The van der Waals surface area contributed by atoms with Crippen LogP contribution in [0.3, 0.4) is 0 Å². The average Bonchev–Trinajstić information content (AvgIpc) is 3.16. The molecule has 7 aliphatic rings. The van der Waals surface area contributed by atoms with E-state index in [0.717, 1.165) is 25.7 Å². The maximum absolute atomic E-state index is 13.0. The molecule has 16 nitrogen and oxygen atoms in total. The summed E-state index contributed by atoms with van der Waals surface area (Å²) in [5, 5.41) is 36.2. The number of allylic oxidation sites excluding steroid dienone is 8. The zero-order valence-electron chi connectivity index (χ0n) is 33.8. The van der Waals surface area contributed by atoms with Crippen molar-refractivity contribution in [3.05, 3.63) is 94.9 Å². The number of aliphatic hydroxyl groups is 1. The van der Waals surface area contributed by atoms with Crippen molar-refractivity contribution in [2.24, 2.45) is 23.7 Å². The molecule has 0 aromatic carbocycles. The predicted octanol–water partition coefficient (Wildman–Crippen LogP) is 3.62. The van der Waals surface area contributed by atoms with E-state index in [1.807, 2.05) is 27.7 Å². The van der Waals surface area contributed by atoms with Crippen LogP contribution in [-0.4, -0.2) is 64.4 Å². The van der Waals surface area contributed by atoms with Gasteiger partial charge in [-0.05, 0) is 49.0 Å². The molecule has 0 amide bonds. The molecule has 4 spiro atoms. The van der Waals surface area contributed by atoms with Gasteiger partial charge in [0.1, 0.15) is 5.57 Å². The van der Waals surface area contributed by atoms with E-state index < -0.39 is 76.7 Å². The minimum Gasteiger partial charge on any atom is -0.574 e. The zero-order chi connectivity index (χ0) is 43.0. The first kappa shape index (κ1) is 42.5. The van der Waals surface area contributed by atoms with Crippen LogP contribution in [0.25, 0.3) is 0 Å². The van der Waals surface area contributed by atoms with E-state index >= 15 is 0 Å². The summed E-state index contributed by atoms with van der Waals surface area (Å²) in [6.45, 7) is 7.79. The van der Waals surface area contributed by atoms with E-state index in [-0.39, 0.29) is 66.1 Å². The van der Waals surface area contributed by atoms with Crippen LogP contribution in [0.15, 0.2) is 94.9 Å².